The summed E-state index contributed by atoms with van der Waals surface area (Å²) in [5.41, 5.74) is 0. The number of carbonyl (C=O) groups excluding carboxylic acids is 1. The van der Waals surface area contributed by atoms with Crippen molar-refractivity contribution in [3.05, 3.63) is 36.4 Å². The number of Topliss-reactive ketones (excluding diaryl/α,β-unsaturated/α-hetero) is 1. The third-order valence-corrected chi connectivity index (χ3v) is 3.39. The van der Waals surface area contributed by atoms with Gasteiger partial charge in [-0.25, -0.2) is 0 Å². The zero-order chi connectivity index (χ0) is 14.0. The Morgan fingerprint density at radius 1 is 1.26 bits per heavy atom. The van der Waals surface area contributed by atoms with Gasteiger partial charge in [-0.2, -0.15) is 8.42 Å². The minimum Gasteiger partial charge on any atom is -0.485 e. The summed E-state index contributed by atoms with van der Waals surface area (Å²) in [6, 6.07) is 9.26. The van der Waals surface area contributed by atoms with Crippen molar-refractivity contribution in [2.75, 3.05) is 6.61 Å². The largest absolute Gasteiger partial charge is 0.485 e. The Labute approximate surface area is 110 Å². The van der Waals surface area contributed by atoms with Crippen LogP contribution in [0.4, 0.5) is 0 Å². The zero-order valence-corrected chi connectivity index (χ0v) is 11.0. The normalized spacial score (nSPS) is 11.5. The number of carbonyl (C=O) groups is 1. The predicted molar refractivity (Wildman–Crippen MR) is 69.9 cm³/mol. The fourth-order valence-corrected chi connectivity index (χ4v) is 2.21. The maximum atomic E-state index is 11.1. The third-order valence-electron chi connectivity index (χ3n) is 2.54. The molecule has 1 N–H and O–H groups in total. The summed E-state index contributed by atoms with van der Waals surface area (Å²) >= 11 is 0. The lowest BCUT2D eigenvalue weighted by Crippen LogP contribution is -2.06. The summed E-state index contributed by atoms with van der Waals surface area (Å²) in [5.74, 6) is 0.390. The van der Waals surface area contributed by atoms with Crippen LogP contribution >= 0.6 is 0 Å². The molecule has 0 saturated heterocycles. The molecule has 0 aliphatic rings. The molecule has 2 aromatic rings. The van der Waals surface area contributed by atoms with Gasteiger partial charge in [-0.1, -0.05) is 12.1 Å². The monoisotopic (exact) mass is 280 g/mol. The first-order chi connectivity index (χ1) is 8.88. The van der Waals surface area contributed by atoms with E-state index in [9.17, 15) is 13.2 Å². The molecule has 0 radical (unpaired) electrons. The fourth-order valence-electron chi connectivity index (χ4n) is 1.70. The molecule has 0 aliphatic heterocycles. The Hall–Kier alpha value is -1.92. The average molecular weight is 280 g/mol. The lowest BCUT2D eigenvalue weighted by atomic mass is 10.1. The summed E-state index contributed by atoms with van der Waals surface area (Å²) in [6.07, 6.45) is 0. The third kappa shape index (κ3) is 3.10. The molecule has 6 heteroatoms. The van der Waals surface area contributed by atoms with Crippen LogP contribution in [0, 0.1) is 0 Å². The molecule has 0 amide bonds. The Morgan fingerprint density at radius 3 is 2.63 bits per heavy atom. The van der Waals surface area contributed by atoms with Crippen molar-refractivity contribution in [1.29, 1.82) is 0 Å². The molecule has 2 rings (SSSR count). The van der Waals surface area contributed by atoms with Gasteiger partial charge in [0.1, 0.15) is 12.4 Å². The van der Waals surface area contributed by atoms with Crippen molar-refractivity contribution in [2.24, 2.45) is 0 Å². The van der Waals surface area contributed by atoms with Gasteiger partial charge in [-0.3, -0.25) is 9.35 Å². The van der Waals surface area contributed by atoms with Crippen LogP contribution in [0.2, 0.25) is 0 Å². The molecule has 19 heavy (non-hydrogen) atoms. The number of ether oxygens (including phenoxy) is 1. The van der Waals surface area contributed by atoms with E-state index < -0.39 is 10.1 Å². The lowest BCUT2D eigenvalue weighted by Gasteiger charge is -2.08. The van der Waals surface area contributed by atoms with Crippen LogP contribution in [0.25, 0.3) is 10.8 Å². The van der Waals surface area contributed by atoms with Crippen molar-refractivity contribution < 1.29 is 22.5 Å². The Bertz CT molecular complexity index is 734. The first-order valence-corrected chi connectivity index (χ1v) is 6.94. The minimum absolute atomic E-state index is 0.0425. The van der Waals surface area contributed by atoms with Crippen LogP contribution in [0.3, 0.4) is 0 Å². The molecule has 0 aliphatic carbocycles. The summed E-state index contributed by atoms with van der Waals surface area (Å²) in [4.78, 5) is 10.7. The second-order valence-corrected chi connectivity index (χ2v) is 5.53. The SMILES string of the molecule is CC(=O)COc1cccc2cc(S(=O)(=O)O)ccc12. The van der Waals surface area contributed by atoms with Crippen LogP contribution in [0.15, 0.2) is 41.3 Å². The van der Waals surface area contributed by atoms with E-state index >= 15 is 0 Å². The molecular weight excluding hydrogens is 268 g/mol. The first-order valence-electron chi connectivity index (χ1n) is 5.50. The van der Waals surface area contributed by atoms with Crippen molar-refractivity contribution in [1.82, 2.24) is 0 Å². The molecule has 0 heterocycles. The number of hydrogen-bond acceptors (Lipinski definition) is 4. The smallest absolute Gasteiger partial charge is 0.294 e. The summed E-state index contributed by atoms with van der Waals surface area (Å²) in [6.45, 7) is 1.38. The van der Waals surface area contributed by atoms with Gasteiger partial charge in [0.05, 0.1) is 4.90 Å². The van der Waals surface area contributed by atoms with Crippen molar-refractivity contribution >= 4 is 26.7 Å². The molecule has 100 valence electrons. The standard InChI is InChI=1S/C13H12O5S/c1-9(14)8-18-13-4-2-3-10-7-11(19(15,16)17)5-6-12(10)13/h2-7H,8H2,1H3,(H,15,16,17). The Kier molecular flexibility index (Phi) is 3.55. The topological polar surface area (TPSA) is 80.7 Å². The van der Waals surface area contributed by atoms with E-state index in [1.165, 1.54) is 25.1 Å². The van der Waals surface area contributed by atoms with Crippen LogP contribution in [-0.4, -0.2) is 25.4 Å². The number of ketones is 1. The second-order valence-electron chi connectivity index (χ2n) is 4.10. The van der Waals surface area contributed by atoms with Gasteiger partial charge in [0.25, 0.3) is 10.1 Å². The summed E-state index contributed by atoms with van der Waals surface area (Å²) in [5, 5.41) is 1.28. The minimum atomic E-state index is -4.23. The van der Waals surface area contributed by atoms with Crippen LogP contribution in [0.5, 0.6) is 5.75 Å². The first kappa shape index (κ1) is 13.5. The van der Waals surface area contributed by atoms with Crippen LogP contribution < -0.4 is 4.74 Å². The number of fused-ring (bicyclic) bond motifs is 1. The van der Waals surface area contributed by atoms with E-state index in [2.05, 4.69) is 0 Å². The van der Waals surface area contributed by atoms with Crippen LogP contribution in [0.1, 0.15) is 6.92 Å². The molecular formula is C13H12O5S. The highest BCUT2D eigenvalue weighted by atomic mass is 32.2. The van der Waals surface area contributed by atoms with E-state index in [4.69, 9.17) is 9.29 Å². The van der Waals surface area contributed by atoms with E-state index in [1.54, 1.807) is 18.2 Å². The predicted octanol–water partition coefficient (Wildman–Crippen LogP) is 2.05. The number of hydrogen-bond donors (Lipinski definition) is 1. The van der Waals surface area contributed by atoms with E-state index in [0.717, 1.165) is 0 Å². The lowest BCUT2D eigenvalue weighted by molar-refractivity contribution is -0.118. The number of benzene rings is 2. The van der Waals surface area contributed by atoms with Gasteiger partial charge in [0, 0.05) is 5.39 Å². The Morgan fingerprint density at radius 2 is 2.00 bits per heavy atom. The maximum absolute atomic E-state index is 11.1. The van der Waals surface area contributed by atoms with Gasteiger partial charge < -0.3 is 4.74 Å². The van der Waals surface area contributed by atoms with Crippen LogP contribution in [-0.2, 0) is 14.9 Å². The van der Waals surface area contributed by atoms with Gasteiger partial charge in [-0.05, 0) is 36.6 Å². The highest BCUT2D eigenvalue weighted by molar-refractivity contribution is 7.85. The highest BCUT2D eigenvalue weighted by Gasteiger charge is 2.11. The van der Waals surface area contributed by atoms with Gasteiger partial charge in [0.2, 0.25) is 0 Å². The highest BCUT2D eigenvalue weighted by Crippen LogP contribution is 2.27. The maximum Gasteiger partial charge on any atom is 0.294 e. The second kappa shape index (κ2) is 4.99. The van der Waals surface area contributed by atoms with Gasteiger partial charge in [-0.15, -0.1) is 0 Å². The molecule has 0 bridgehead atoms. The van der Waals surface area contributed by atoms with Crippen molar-refractivity contribution in [3.63, 3.8) is 0 Å². The van der Waals surface area contributed by atoms with E-state index in [0.29, 0.717) is 16.5 Å². The van der Waals surface area contributed by atoms with E-state index in [1.807, 2.05) is 0 Å². The molecule has 0 spiro atoms. The molecule has 0 atom stereocenters. The fraction of sp³-hybridized carbons (Fsp3) is 0.154. The molecule has 0 aromatic heterocycles. The Balaban J connectivity index is 2.49. The van der Waals surface area contributed by atoms with E-state index in [-0.39, 0.29) is 17.3 Å². The van der Waals surface area contributed by atoms with Gasteiger partial charge in [0.15, 0.2) is 5.78 Å². The summed E-state index contributed by atoms with van der Waals surface area (Å²) < 4.78 is 36.4. The summed E-state index contributed by atoms with van der Waals surface area (Å²) in [7, 11) is -4.23. The molecule has 2 aromatic carbocycles. The molecule has 5 nitrogen and oxygen atoms in total. The van der Waals surface area contributed by atoms with Crippen molar-refractivity contribution in [3.8, 4) is 5.75 Å². The molecule has 0 saturated carbocycles. The number of rotatable bonds is 4. The van der Waals surface area contributed by atoms with Gasteiger partial charge >= 0.3 is 0 Å². The van der Waals surface area contributed by atoms with Crippen molar-refractivity contribution in [2.45, 2.75) is 11.8 Å². The zero-order valence-electron chi connectivity index (χ0n) is 10.2. The molecule has 0 unspecified atom stereocenters. The molecule has 0 fully saturated rings. The quantitative estimate of drug-likeness (QED) is 0.867. The average Bonchev–Trinajstić information content (AvgIpc) is 2.34.